The molecule has 98 valence electrons. The van der Waals surface area contributed by atoms with E-state index in [0.717, 1.165) is 6.42 Å². The number of esters is 1. The van der Waals surface area contributed by atoms with Crippen molar-refractivity contribution in [1.29, 1.82) is 0 Å². The lowest BCUT2D eigenvalue weighted by Gasteiger charge is -2.23. The highest BCUT2D eigenvalue weighted by Gasteiger charge is 2.20. The minimum absolute atomic E-state index is 0.0283. The number of carbonyl (C=O) groups excluding carboxylic acids is 1. The molecule has 0 amide bonds. The summed E-state index contributed by atoms with van der Waals surface area (Å²) in [6.45, 7) is 3.57. The van der Waals surface area contributed by atoms with Crippen LogP contribution in [-0.2, 0) is 9.53 Å². The van der Waals surface area contributed by atoms with E-state index in [1.54, 1.807) is 0 Å². The first-order valence-corrected chi connectivity index (χ1v) is 6.39. The number of allylic oxidation sites excluding steroid dienone is 4. The van der Waals surface area contributed by atoms with Gasteiger partial charge in [0.15, 0.2) is 0 Å². The van der Waals surface area contributed by atoms with E-state index in [0.29, 0.717) is 5.76 Å². The Hall–Kier alpha value is -2.09. The quantitative estimate of drug-likeness (QED) is 0.759. The molecule has 1 aromatic rings. The Morgan fingerprint density at radius 3 is 2.63 bits per heavy atom. The van der Waals surface area contributed by atoms with Crippen molar-refractivity contribution < 1.29 is 9.53 Å². The molecule has 0 radical (unpaired) electrons. The predicted octanol–water partition coefficient (Wildman–Crippen LogP) is 4.11. The fraction of sp³-hybridized carbons (Fsp3) is 0.235. The number of rotatable bonds is 3. The monoisotopic (exact) mass is 254 g/mol. The fourth-order valence-corrected chi connectivity index (χ4v) is 1.95. The first-order chi connectivity index (χ1) is 9.07. The van der Waals surface area contributed by atoms with Crippen molar-refractivity contribution in [1.82, 2.24) is 0 Å². The maximum atomic E-state index is 10.9. The zero-order chi connectivity index (χ0) is 13.7. The van der Waals surface area contributed by atoms with Gasteiger partial charge in [0.25, 0.3) is 0 Å². The van der Waals surface area contributed by atoms with Crippen LogP contribution in [0.25, 0.3) is 6.08 Å². The molecule has 0 N–H and O–H groups in total. The van der Waals surface area contributed by atoms with Gasteiger partial charge >= 0.3 is 5.97 Å². The van der Waals surface area contributed by atoms with Gasteiger partial charge in [0, 0.05) is 12.3 Å². The molecule has 0 heterocycles. The van der Waals surface area contributed by atoms with Gasteiger partial charge in [-0.15, -0.1) is 0 Å². The molecule has 19 heavy (non-hydrogen) atoms. The van der Waals surface area contributed by atoms with E-state index in [9.17, 15) is 4.79 Å². The SMILES string of the molecule is CC(=O)OC1=CCC(C)(/C=C/c2ccccc2)C=C1. The van der Waals surface area contributed by atoms with Gasteiger partial charge in [-0.25, -0.2) is 0 Å². The molecule has 2 rings (SSSR count). The summed E-state index contributed by atoms with van der Waals surface area (Å²) in [5, 5.41) is 0. The fourth-order valence-electron chi connectivity index (χ4n) is 1.95. The Morgan fingerprint density at radius 1 is 1.32 bits per heavy atom. The van der Waals surface area contributed by atoms with Crippen molar-refractivity contribution >= 4 is 12.0 Å². The molecule has 0 fully saturated rings. The zero-order valence-corrected chi connectivity index (χ0v) is 11.3. The third kappa shape index (κ3) is 3.95. The summed E-state index contributed by atoms with van der Waals surface area (Å²) in [5.41, 5.74) is 1.16. The largest absolute Gasteiger partial charge is 0.427 e. The Labute approximate surface area is 114 Å². The van der Waals surface area contributed by atoms with Gasteiger partial charge in [-0.2, -0.15) is 0 Å². The summed E-state index contributed by atoms with van der Waals surface area (Å²) in [6, 6.07) is 10.2. The van der Waals surface area contributed by atoms with Crippen molar-refractivity contribution in [2.24, 2.45) is 5.41 Å². The highest BCUT2D eigenvalue weighted by Crippen LogP contribution is 2.31. The van der Waals surface area contributed by atoms with E-state index in [1.807, 2.05) is 30.4 Å². The van der Waals surface area contributed by atoms with Crippen molar-refractivity contribution in [2.75, 3.05) is 0 Å². The topological polar surface area (TPSA) is 26.3 Å². The van der Waals surface area contributed by atoms with E-state index in [2.05, 4.69) is 37.3 Å². The lowest BCUT2D eigenvalue weighted by Crippen LogP contribution is -2.12. The van der Waals surface area contributed by atoms with Crippen LogP contribution in [0.4, 0.5) is 0 Å². The van der Waals surface area contributed by atoms with Crippen molar-refractivity contribution in [3.05, 3.63) is 66.0 Å². The third-order valence-corrected chi connectivity index (χ3v) is 3.09. The van der Waals surface area contributed by atoms with Crippen molar-refractivity contribution in [3.63, 3.8) is 0 Å². The number of hydrogen-bond donors (Lipinski definition) is 0. The molecule has 1 aliphatic carbocycles. The summed E-state index contributed by atoms with van der Waals surface area (Å²) in [7, 11) is 0. The third-order valence-electron chi connectivity index (χ3n) is 3.09. The minimum atomic E-state index is -0.278. The maximum Gasteiger partial charge on any atom is 0.308 e. The average Bonchev–Trinajstić information content (AvgIpc) is 2.40. The van der Waals surface area contributed by atoms with Gasteiger partial charge < -0.3 is 4.74 Å². The summed E-state index contributed by atoms with van der Waals surface area (Å²) in [4.78, 5) is 10.9. The van der Waals surface area contributed by atoms with Gasteiger partial charge in [0.05, 0.1) is 0 Å². The number of benzene rings is 1. The molecule has 1 atom stereocenters. The molecule has 0 spiro atoms. The lowest BCUT2D eigenvalue weighted by molar-refractivity contribution is -0.136. The molecule has 1 unspecified atom stereocenters. The first-order valence-electron chi connectivity index (χ1n) is 6.39. The molecule has 2 heteroatoms. The summed E-state index contributed by atoms with van der Waals surface area (Å²) < 4.78 is 5.06. The van der Waals surface area contributed by atoms with E-state index >= 15 is 0 Å². The highest BCUT2D eigenvalue weighted by molar-refractivity contribution is 5.67. The highest BCUT2D eigenvalue weighted by atomic mass is 16.5. The van der Waals surface area contributed by atoms with E-state index < -0.39 is 0 Å². The van der Waals surface area contributed by atoms with Crippen LogP contribution in [0.3, 0.4) is 0 Å². The number of hydrogen-bond acceptors (Lipinski definition) is 2. The van der Waals surface area contributed by atoms with Crippen LogP contribution in [0.1, 0.15) is 25.8 Å². The molecular weight excluding hydrogens is 236 g/mol. The lowest BCUT2D eigenvalue weighted by atomic mass is 9.82. The van der Waals surface area contributed by atoms with Gasteiger partial charge in [-0.1, -0.05) is 55.5 Å². The summed E-state index contributed by atoms with van der Waals surface area (Å²) >= 11 is 0. The zero-order valence-electron chi connectivity index (χ0n) is 11.3. The van der Waals surface area contributed by atoms with Crippen LogP contribution in [0, 0.1) is 5.41 Å². The van der Waals surface area contributed by atoms with E-state index in [-0.39, 0.29) is 11.4 Å². The first kappa shape index (κ1) is 13.3. The minimum Gasteiger partial charge on any atom is -0.427 e. The van der Waals surface area contributed by atoms with Crippen molar-refractivity contribution in [3.8, 4) is 0 Å². The van der Waals surface area contributed by atoms with Crippen LogP contribution in [-0.4, -0.2) is 5.97 Å². The Bertz CT molecular complexity index is 538. The van der Waals surface area contributed by atoms with Crippen LogP contribution < -0.4 is 0 Å². The molecule has 1 aromatic carbocycles. The normalized spacial score (nSPS) is 22.3. The molecule has 0 saturated heterocycles. The molecule has 0 saturated carbocycles. The van der Waals surface area contributed by atoms with Gasteiger partial charge in [-0.3, -0.25) is 4.79 Å². The summed E-state index contributed by atoms with van der Waals surface area (Å²) in [5.74, 6) is 0.359. The molecule has 0 aliphatic heterocycles. The summed E-state index contributed by atoms with van der Waals surface area (Å²) in [6.07, 6.45) is 11.0. The van der Waals surface area contributed by atoms with Crippen LogP contribution in [0.5, 0.6) is 0 Å². The molecule has 2 nitrogen and oxygen atoms in total. The average molecular weight is 254 g/mol. The van der Waals surface area contributed by atoms with E-state index in [1.165, 1.54) is 12.5 Å². The molecular formula is C17H18O2. The van der Waals surface area contributed by atoms with Crippen molar-refractivity contribution in [2.45, 2.75) is 20.3 Å². The van der Waals surface area contributed by atoms with Crippen LogP contribution in [0.15, 0.2) is 60.4 Å². The van der Waals surface area contributed by atoms with Gasteiger partial charge in [0.2, 0.25) is 0 Å². The van der Waals surface area contributed by atoms with Gasteiger partial charge in [0.1, 0.15) is 5.76 Å². The molecule has 1 aliphatic rings. The van der Waals surface area contributed by atoms with Crippen LogP contribution >= 0.6 is 0 Å². The number of carbonyl (C=O) groups is 1. The Kier molecular flexibility index (Phi) is 4.00. The Balaban J connectivity index is 2.03. The smallest absolute Gasteiger partial charge is 0.308 e. The molecule has 0 aromatic heterocycles. The predicted molar refractivity (Wildman–Crippen MR) is 77.2 cm³/mol. The van der Waals surface area contributed by atoms with E-state index in [4.69, 9.17) is 4.74 Å². The number of ether oxygens (including phenoxy) is 1. The second-order valence-corrected chi connectivity index (χ2v) is 4.99. The molecule has 0 bridgehead atoms. The van der Waals surface area contributed by atoms with Gasteiger partial charge in [-0.05, 0) is 24.1 Å². The van der Waals surface area contributed by atoms with Crippen LogP contribution in [0.2, 0.25) is 0 Å². The second-order valence-electron chi connectivity index (χ2n) is 4.99. The second kappa shape index (κ2) is 5.70. The Morgan fingerprint density at radius 2 is 2.05 bits per heavy atom. The standard InChI is InChI=1S/C17H18O2/c1-14(18)19-16-9-12-17(2,13-10-16)11-8-15-6-4-3-5-7-15/h3-12H,13H2,1-2H3/b11-8+. The maximum absolute atomic E-state index is 10.9.